The number of carbonyl (C=O) groups excluding carboxylic acids is 2. The van der Waals surface area contributed by atoms with Gasteiger partial charge in [0.2, 0.25) is 0 Å². The summed E-state index contributed by atoms with van der Waals surface area (Å²) in [5, 5.41) is 0. The molecule has 0 atom stereocenters. The summed E-state index contributed by atoms with van der Waals surface area (Å²) in [6.45, 7) is 0.392. The molecule has 3 aliphatic heterocycles. The lowest BCUT2D eigenvalue weighted by molar-refractivity contribution is -0.131. The largest absolute Gasteiger partial charge is 0.496 e. The zero-order valence-electron chi connectivity index (χ0n) is 17.3. The first-order chi connectivity index (χ1) is 14.7. The minimum atomic E-state index is -0.365. The van der Waals surface area contributed by atoms with Gasteiger partial charge in [-0.25, -0.2) is 4.99 Å². The smallest absolute Gasteiger partial charge is 0.271 e. The van der Waals surface area contributed by atoms with E-state index in [0.29, 0.717) is 30.3 Å². The van der Waals surface area contributed by atoms with Crippen molar-refractivity contribution >= 4 is 17.5 Å². The van der Waals surface area contributed by atoms with Crippen LogP contribution in [-0.4, -0.2) is 55.4 Å². The van der Waals surface area contributed by atoms with Crippen LogP contribution in [0.1, 0.15) is 50.0 Å². The van der Waals surface area contributed by atoms with Crippen molar-refractivity contribution in [3.05, 3.63) is 41.8 Å². The molecule has 1 aromatic carbocycles. The zero-order chi connectivity index (χ0) is 20.9. The number of amides is 2. The van der Waals surface area contributed by atoms with E-state index >= 15 is 0 Å². The SMILES string of the molecule is COCC(=O)N=C1CCCN2C(=O)COc3ccccc3C3CCC(CC3)O/C=C/12. The molecular weight excluding hydrogens is 384 g/mol. The lowest BCUT2D eigenvalue weighted by Gasteiger charge is -2.31. The summed E-state index contributed by atoms with van der Waals surface area (Å²) < 4.78 is 17.0. The summed E-state index contributed by atoms with van der Waals surface area (Å²) in [5.74, 6) is 0.659. The molecule has 0 aromatic heterocycles. The van der Waals surface area contributed by atoms with Crippen LogP contribution in [0.5, 0.6) is 5.75 Å². The van der Waals surface area contributed by atoms with Crippen LogP contribution in [0.4, 0.5) is 0 Å². The molecule has 1 saturated carbocycles. The van der Waals surface area contributed by atoms with Crippen LogP contribution in [0.15, 0.2) is 41.2 Å². The molecule has 0 unspecified atom stereocenters. The average molecular weight is 412 g/mol. The minimum Gasteiger partial charge on any atom is -0.496 e. The second-order valence-corrected chi connectivity index (χ2v) is 7.97. The first-order valence-corrected chi connectivity index (χ1v) is 10.6. The van der Waals surface area contributed by atoms with Gasteiger partial charge >= 0.3 is 0 Å². The fourth-order valence-electron chi connectivity index (χ4n) is 4.46. The topological polar surface area (TPSA) is 77.4 Å². The average Bonchev–Trinajstić information content (AvgIpc) is 2.78. The van der Waals surface area contributed by atoms with Crippen LogP contribution < -0.4 is 4.74 Å². The van der Waals surface area contributed by atoms with Gasteiger partial charge in [-0.1, -0.05) is 18.2 Å². The van der Waals surface area contributed by atoms with Gasteiger partial charge < -0.3 is 19.1 Å². The number of methoxy groups -OCH3 is 1. The van der Waals surface area contributed by atoms with E-state index < -0.39 is 0 Å². The molecule has 0 N–H and O–H groups in total. The Morgan fingerprint density at radius 1 is 1.23 bits per heavy atom. The molecule has 0 spiro atoms. The van der Waals surface area contributed by atoms with Gasteiger partial charge in [-0.3, -0.25) is 9.59 Å². The number of nitrogens with zero attached hydrogens (tertiary/aromatic N) is 2. The second kappa shape index (κ2) is 9.43. The number of piperidine rings is 1. The molecule has 2 bridgehead atoms. The van der Waals surface area contributed by atoms with Crippen molar-refractivity contribution in [2.24, 2.45) is 4.99 Å². The van der Waals surface area contributed by atoms with E-state index in [1.807, 2.05) is 18.2 Å². The molecule has 5 rings (SSSR count). The Kier molecular flexibility index (Phi) is 6.47. The van der Waals surface area contributed by atoms with Crippen molar-refractivity contribution in [1.82, 2.24) is 4.90 Å². The van der Waals surface area contributed by atoms with Gasteiger partial charge in [0.1, 0.15) is 24.3 Å². The Bertz CT molecular complexity index is 855. The molecule has 2 amide bonds. The van der Waals surface area contributed by atoms with E-state index in [0.717, 1.165) is 37.9 Å². The number of ether oxygens (including phenoxy) is 3. The van der Waals surface area contributed by atoms with Gasteiger partial charge in [0.05, 0.1) is 11.8 Å². The van der Waals surface area contributed by atoms with E-state index in [-0.39, 0.29) is 31.1 Å². The van der Waals surface area contributed by atoms with Crippen molar-refractivity contribution in [3.63, 3.8) is 0 Å². The molecule has 30 heavy (non-hydrogen) atoms. The number of para-hydroxylation sites is 1. The summed E-state index contributed by atoms with van der Waals surface area (Å²) in [5.41, 5.74) is 2.30. The van der Waals surface area contributed by atoms with Crippen LogP contribution in [0.2, 0.25) is 0 Å². The summed E-state index contributed by atoms with van der Waals surface area (Å²) in [4.78, 5) is 30.9. The summed E-state index contributed by atoms with van der Waals surface area (Å²) >= 11 is 0. The van der Waals surface area contributed by atoms with E-state index in [1.165, 1.54) is 12.7 Å². The normalized spacial score (nSPS) is 27.4. The van der Waals surface area contributed by atoms with Crippen molar-refractivity contribution < 1.29 is 23.8 Å². The molecule has 4 aliphatic rings. The number of rotatable bonds is 2. The quantitative estimate of drug-likeness (QED) is 0.746. The van der Waals surface area contributed by atoms with Crippen molar-refractivity contribution in [1.29, 1.82) is 0 Å². The first kappa shape index (κ1) is 20.6. The number of hydrogen-bond acceptors (Lipinski definition) is 5. The van der Waals surface area contributed by atoms with Crippen LogP contribution in [0, 0.1) is 0 Å². The first-order valence-electron chi connectivity index (χ1n) is 10.6. The summed E-state index contributed by atoms with van der Waals surface area (Å²) in [6, 6.07) is 8.00. The maximum atomic E-state index is 13.0. The molecule has 0 radical (unpaired) electrons. The number of allylic oxidation sites excluding steroid dienone is 1. The molecule has 1 aromatic rings. The highest BCUT2D eigenvalue weighted by Gasteiger charge is 2.30. The van der Waals surface area contributed by atoms with E-state index in [1.54, 1.807) is 11.2 Å². The third kappa shape index (κ3) is 4.56. The fourth-order valence-corrected chi connectivity index (χ4v) is 4.46. The Morgan fingerprint density at radius 2 is 2.03 bits per heavy atom. The molecule has 160 valence electrons. The van der Waals surface area contributed by atoms with Crippen molar-refractivity contribution in [2.45, 2.75) is 50.5 Å². The van der Waals surface area contributed by atoms with Gasteiger partial charge in [-0.15, -0.1) is 0 Å². The molecule has 3 heterocycles. The maximum Gasteiger partial charge on any atom is 0.271 e. The number of hydrogen-bond donors (Lipinski definition) is 0. The zero-order valence-corrected chi connectivity index (χ0v) is 17.3. The highest BCUT2D eigenvalue weighted by Crippen LogP contribution is 2.38. The maximum absolute atomic E-state index is 13.0. The van der Waals surface area contributed by atoms with Crippen LogP contribution >= 0.6 is 0 Å². The highest BCUT2D eigenvalue weighted by molar-refractivity contribution is 6.08. The summed E-state index contributed by atoms with van der Waals surface area (Å²) in [7, 11) is 1.46. The molecule has 7 heteroatoms. The summed E-state index contributed by atoms with van der Waals surface area (Å²) in [6.07, 6.45) is 6.97. The third-order valence-electron chi connectivity index (χ3n) is 5.97. The van der Waals surface area contributed by atoms with E-state index in [4.69, 9.17) is 14.2 Å². The monoisotopic (exact) mass is 412 g/mol. The van der Waals surface area contributed by atoms with E-state index in [2.05, 4.69) is 11.1 Å². The predicted octanol–water partition coefficient (Wildman–Crippen LogP) is 3.20. The van der Waals surface area contributed by atoms with Gasteiger partial charge in [0.25, 0.3) is 11.8 Å². The highest BCUT2D eigenvalue weighted by atomic mass is 16.5. The van der Waals surface area contributed by atoms with E-state index in [9.17, 15) is 9.59 Å². The second-order valence-electron chi connectivity index (χ2n) is 7.97. The lowest BCUT2D eigenvalue weighted by atomic mass is 9.82. The number of benzene rings is 1. The van der Waals surface area contributed by atoms with Crippen LogP contribution in [0.3, 0.4) is 0 Å². The number of fused-ring (bicyclic) bond motifs is 5. The Labute approximate surface area is 176 Å². The molecule has 7 nitrogen and oxygen atoms in total. The predicted molar refractivity (Wildman–Crippen MR) is 111 cm³/mol. The van der Waals surface area contributed by atoms with Gasteiger partial charge in [0.15, 0.2) is 6.61 Å². The van der Waals surface area contributed by atoms with Gasteiger partial charge in [-0.05, 0) is 56.1 Å². The number of carbonyl (C=O) groups is 2. The number of aliphatic imine (C=N–C) groups is 1. The van der Waals surface area contributed by atoms with Gasteiger partial charge in [-0.2, -0.15) is 0 Å². The van der Waals surface area contributed by atoms with Crippen molar-refractivity contribution in [2.75, 3.05) is 26.9 Å². The van der Waals surface area contributed by atoms with Crippen LogP contribution in [0.25, 0.3) is 0 Å². The standard InChI is InChI=1S/C23H28N2O5/c1-28-14-22(26)24-19-6-4-12-25-20(19)13-29-17-10-8-16(9-11-17)18-5-2-3-7-21(18)30-15-23(25)27/h2-3,5,7,13,16-17H,4,6,8-12,14-15H2,1H3/b20-13-,24-19?. The lowest BCUT2D eigenvalue weighted by Crippen LogP contribution is -2.41. The molecule has 1 saturated heterocycles. The van der Waals surface area contributed by atoms with Gasteiger partial charge in [0, 0.05) is 13.7 Å². The Hall–Kier alpha value is -2.67. The molecule has 2 fully saturated rings. The molecular formula is C23H28N2O5. The third-order valence-corrected chi connectivity index (χ3v) is 5.97. The molecule has 1 aliphatic carbocycles. The Balaban J connectivity index is 1.66. The minimum absolute atomic E-state index is 0.0657. The fraction of sp³-hybridized carbons (Fsp3) is 0.522. The van der Waals surface area contributed by atoms with Crippen LogP contribution in [-0.2, 0) is 19.1 Å². The Morgan fingerprint density at radius 3 is 2.83 bits per heavy atom. The van der Waals surface area contributed by atoms with Crippen molar-refractivity contribution in [3.8, 4) is 5.75 Å².